The van der Waals surface area contributed by atoms with Crippen LogP contribution < -0.4 is 10.6 Å². The summed E-state index contributed by atoms with van der Waals surface area (Å²) in [4.78, 5) is 50.3. The lowest BCUT2D eigenvalue weighted by atomic mass is 10.0. The van der Waals surface area contributed by atoms with Gasteiger partial charge in [0.1, 0.15) is 11.9 Å². The molecule has 2 N–H and O–H groups in total. The maximum atomic E-state index is 13.6. The number of nitrogens with one attached hydrogen (secondary N) is 2. The number of hydrogen-bond donors (Lipinski definition) is 2. The first-order valence-corrected chi connectivity index (χ1v) is 10.4. The molecule has 2 aliphatic heterocycles. The maximum absolute atomic E-state index is 13.6. The van der Waals surface area contributed by atoms with Crippen LogP contribution in [0.5, 0.6) is 0 Å². The van der Waals surface area contributed by atoms with Gasteiger partial charge in [-0.15, -0.1) is 0 Å². The van der Waals surface area contributed by atoms with Gasteiger partial charge in [-0.3, -0.25) is 24.5 Å². The summed E-state index contributed by atoms with van der Waals surface area (Å²) in [5.74, 6) is -3.52. The Kier molecular flexibility index (Phi) is 6.07. The zero-order chi connectivity index (χ0) is 24.8. The second kappa shape index (κ2) is 8.71. The number of nitrogens with zero attached hydrogens (tertiary/aromatic N) is 1. The Morgan fingerprint density at radius 2 is 1.79 bits per heavy atom. The van der Waals surface area contributed by atoms with Crippen LogP contribution in [0.25, 0.3) is 0 Å². The van der Waals surface area contributed by atoms with E-state index >= 15 is 0 Å². The van der Waals surface area contributed by atoms with Crippen molar-refractivity contribution >= 4 is 35.2 Å². The summed E-state index contributed by atoms with van der Waals surface area (Å²) in [6.07, 6.45) is -4.73. The van der Waals surface area contributed by atoms with E-state index in [0.29, 0.717) is 0 Å². The molecular formula is C22H16ClF4N3O4. The van der Waals surface area contributed by atoms with E-state index in [2.05, 4.69) is 5.32 Å². The van der Waals surface area contributed by atoms with Crippen molar-refractivity contribution in [3.63, 3.8) is 0 Å². The zero-order valence-electron chi connectivity index (χ0n) is 17.2. The van der Waals surface area contributed by atoms with Gasteiger partial charge in [0.05, 0.1) is 10.6 Å². The van der Waals surface area contributed by atoms with Crippen molar-refractivity contribution in [1.82, 2.24) is 15.5 Å². The van der Waals surface area contributed by atoms with Gasteiger partial charge < -0.3 is 10.2 Å². The summed E-state index contributed by atoms with van der Waals surface area (Å²) in [5, 5.41) is 3.80. The van der Waals surface area contributed by atoms with Gasteiger partial charge in [0.2, 0.25) is 11.8 Å². The van der Waals surface area contributed by atoms with E-state index in [-0.39, 0.29) is 46.7 Å². The highest BCUT2D eigenvalue weighted by atomic mass is 35.5. The average molecular weight is 498 g/mol. The molecule has 0 spiro atoms. The number of carbonyl (C=O) groups is 4. The van der Waals surface area contributed by atoms with Crippen molar-refractivity contribution in [2.24, 2.45) is 0 Å². The van der Waals surface area contributed by atoms with Crippen LogP contribution in [0.15, 0.2) is 36.4 Å². The van der Waals surface area contributed by atoms with E-state index in [1.807, 2.05) is 5.32 Å². The van der Waals surface area contributed by atoms with Crippen LogP contribution in [-0.4, -0.2) is 40.7 Å². The van der Waals surface area contributed by atoms with Crippen molar-refractivity contribution in [3.8, 4) is 0 Å². The molecule has 34 heavy (non-hydrogen) atoms. The normalized spacial score (nSPS) is 19.0. The van der Waals surface area contributed by atoms with Crippen molar-refractivity contribution in [3.05, 3.63) is 69.5 Å². The number of fused-ring (bicyclic) bond motifs is 1. The van der Waals surface area contributed by atoms with Crippen molar-refractivity contribution in [1.29, 1.82) is 0 Å². The molecule has 0 saturated carbocycles. The van der Waals surface area contributed by atoms with E-state index in [1.54, 1.807) is 0 Å². The molecule has 2 aromatic rings. The van der Waals surface area contributed by atoms with Gasteiger partial charge in [-0.2, -0.15) is 13.2 Å². The SMILES string of the molecule is O=C1CCC(N2Cc3c(ccc(C(=O)NC(c4ccc(F)cc4)C(F)(F)F)c3Cl)C2=O)C(=O)N1. The number of alkyl halides is 3. The third-order valence-corrected chi connectivity index (χ3v) is 6.13. The Balaban J connectivity index is 1.59. The molecule has 0 aliphatic carbocycles. The highest BCUT2D eigenvalue weighted by Crippen LogP contribution is 2.36. The van der Waals surface area contributed by atoms with E-state index in [9.17, 15) is 36.7 Å². The first-order chi connectivity index (χ1) is 16.0. The lowest BCUT2D eigenvalue weighted by Crippen LogP contribution is -2.52. The van der Waals surface area contributed by atoms with Crippen LogP contribution in [0.4, 0.5) is 17.6 Å². The van der Waals surface area contributed by atoms with E-state index in [0.717, 1.165) is 30.3 Å². The molecule has 2 aromatic carbocycles. The van der Waals surface area contributed by atoms with E-state index < -0.39 is 47.7 Å². The molecule has 178 valence electrons. The van der Waals surface area contributed by atoms with Crippen molar-refractivity contribution in [2.75, 3.05) is 0 Å². The number of piperidine rings is 1. The van der Waals surface area contributed by atoms with Gasteiger partial charge in [-0.05, 0) is 36.2 Å². The summed E-state index contributed by atoms with van der Waals surface area (Å²) in [5.41, 5.74) is -0.375. The molecule has 7 nitrogen and oxygen atoms in total. The molecule has 4 amide bonds. The second-order valence-corrected chi connectivity index (χ2v) is 8.23. The standard InChI is InChI=1S/C22H16ClF4N3O4/c23-17-13(19(32)29-18(22(25,26)27)10-1-3-11(24)4-2-10)6-5-12-14(17)9-30(21(12)34)15-7-8-16(31)28-20(15)33/h1-6,15,18H,7-9H2,(H,29,32)(H,28,31,33). The molecule has 0 aromatic heterocycles. The Hall–Kier alpha value is -3.47. The van der Waals surface area contributed by atoms with Gasteiger partial charge in [0.15, 0.2) is 6.04 Å². The molecule has 2 heterocycles. The number of halogens is 5. The van der Waals surface area contributed by atoms with Crippen LogP contribution in [0.3, 0.4) is 0 Å². The highest BCUT2D eigenvalue weighted by molar-refractivity contribution is 6.35. The summed E-state index contributed by atoms with van der Waals surface area (Å²) < 4.78 is 54.0. The van der Waals surface area contributed by atoms with Crippen molar-refractivity contribution < 1.29 is 36.7 Å². The lowest BCUT2D eigenvalue weighted by Gasteiger charge is -2.29. The first-order valence-electron chi connectivity index (χ1n) is 10.1. The van der Waals surface area contributed by atoms with Gasteiger partial charge in [-0.1, -0.05) is 23.7 Å². The quantitative estimate of drug-likeness (QED) is 0.500. The summed E-state index contributed by atoms with van der Waals surface area (Å²) in [6.45, 7) is -0.152. The van der Waals surface area contributed by atoms with Gasteiger partial charge in [0, 0.05) is 24.1 Å². The molecule has 1 fully saturated rings. The van der Waals surface area contributed by atoms with E-state index in [1.165, 1.54) is 11.0 Å². The van der Waals surface area contributed by atoms with Crippen LogP contribution in [0.1, 0.15) is 50.7 Å². The Morgan fingerprint density at radius 1 is 1.12 bits per heavy atom. The lowest BCUT2D eigenvalue weighted by molar-refractivity contribution is -0.155. The minimum atomic E-state index is -4.88. The van der Waals surface area contributed by atoms with Gasteiger partial charge in [-0.25, -0.2) is 4.39 Å². The third-order valence-electron chi connectivity index (χ3n) is 5.70. The zero-order valence-corrected chi connectivity index (χ0v) is 18.0. The fourth-order valence-electron chi connectivity index (χ4n) is 4.00. The Bertz CT molecular complexity index is 1200. The van der Waals surface area contributed by atoms with Crippen LogP contribution in [-0.2, 0) is 16.1 Å². The minimum Gasteiger partial charge on any atom is -0.337 e. The number of imide groups is 1. The molecule has 2 unspecified atom stereocenters. The van der Waals surface area contributed by atoms with Crippen LogP contribution in [0, 0.1) is 5.82 Å². The monoisotopic (exact) mass is 497 g/mol. The number of amides is 4. The largest absolute Gasteiger partial charge is 0.412 e. The van der Waals surface area contributed by atoms with Crippen molar-refractivity contribution in [2.45, 2.75) is 37.6 Å². The molecule has 12 heteroatoms. The third kappa shape index (κ3) is 4.35. The topological polar surface area (TPSA) is 95.6 Å². The first kappa shape index (κ1) is 23.7. The molecule has 0 radical (unpaired) electrons. The number of rotatable bonds is 4. The molecule has 4 rings (SSSR count). The maximum Gasteiger partial charge on any atom is 0.412 e. The fraction of sp³-hybridized carbons (Fsp3) is 0.273. The molecular weight excluding hydrogens is 482 g/mol. The minimum absolute atomic E-state index is 0.0418. The summed E-state index contributed by atoms with van der Waals surface area (Å²) in [6, 6.07) is 2.55. The molecule has 2 atom stereocenters. The predicted octanol–water partition coefficient (Wildman–Crippen LogP) is 3.27. The van der Waals surface area contributed by atoms with E-state index in [4.69, 9.17) is 11.6 Å². The summed E-state index contributed by atoms with van der Waals surface area (Å²) >= 11 is 6.32. The number of carbonyl (C=O) groups excluding carboxylic acids is 4. The van der Waals surface area contributed by atoms with Gasteiger partial charge >= 0.3 is 6.18 Å². The van der Waals surface area contributed by atoms with Crippen LogP contribution in [0.2, 0.25) is 5.02 Å². The van der Waals surface area contributed by atoms with Crippen LogP contribution >= 0.6 is 11.6 Å². The predicted molar refractivity (Wildman–Crippen MR) is 110 cm³/mol. The average Bonchev–Trinajstić information content (AvgIpc) is 3.09. The number of hydrogen-bond acceptors (Lipinski definition) is 4. The second-order valence-electron chi connectivity index (χ2n) is 7.85. The smallest absolute Gasteiger partial charge is 0.337 e. The Labute approximate surface area is 195 Å². The fourth-order valence-corrected chi connectivity index (χ4v) is 4.31. The summed E-state index contributed by atoms with van der Waals surface area (Å²) in [7, 11) is 0. The Morgan fingerprint density at radius 3 is 2.41 bits per heavy atom. The van der Waals surface area contributed by atoms with Gasteiger partial charge in [0.25, 0.3) is 11.8 Å². The molecule has 2 aliphatic rings. The molecule has 1 saturated heterocycles. The highest BCUT2D eigenvalue weighted by Gasteiger charge is 2.43. The number of benzene rings is 2. The molecule has 0 bridgehead atoms.